The molecule has 33 heavy (non-hydrogen) atoms. The van der Waals surface area contributed by atoms with Gasteiger partial charge in [-0.05, 0) is 55.0 Å². The number of halogens is 4. The van der Waals surface area contributed by atoms with Gasteiger partial charge in [0, 0.05) is 11.6 Å². The topological polar surface area (TPSA) is 55.2 Å². The molecule has 2 aromatic carbocycles. The summed E-state index contributed by atoms with van der Waals surface area (Å²) < 4.78 is 1.44. The molecule has 0 spiro atoms. The fraction of sp³-hybridized carbons (Fsp3) is 0.0435. The maximum atomic E-state index is 13.9. The van der Waals surface area contributed by atoms with Crippen molar-refractivity contribution in [3.05, 3.63) is 102 Å². The van der Waals surface area contributed by atoms with E-state index in [-0.39, 0.29) is 41.5 Å². The van der Waals surface area contributed by atoms with Gasteiger partial charge >= 0.3 is 0 Å². The first-order valence-electron chi connectivity index (χ1n) is 9.47. The van der Waals surface area contributed by atoms with Crippen LogP contribution in [0.2, 0.25) is 20.1 Å². The van der Waals surface area contributed by atoms with E-state index in [0.29, 0.717) is 10.9 Å². The summed E-state index contributed by atoms with van der Waals surface area (Å²) in [6.45, 7) is 1.77. The predicted molar refractivity (Wildman–Crippen MR) is 135 cm³/mol. The highest BCUT2D eigenvalue weighted by molar-refractivity contribution is 7.71. The number of hydrogen-bond donors (Lipinski definition) is 0. The van der Waals surface area contributed by atoms with Crippen LogP contribution >= 0.6 is 58.6 Å². The van der Waals surface area contributed by atoms with Crippen LogP contribution in [-0.2, 0) is 0 Å². The fourth-order valence-corrected chi connectivity index (χ4v) is 4.68. The molecule has 166 valence electrons. The van der Waals surface area contributed by atoms with Crippen molar-refractivity contribution in [2.45, 2.75) is 6.92 Å². The zero-order valence-electron chi connectivity index (χ0n) is 16.9. The first-order chi connectivity index (χ1) is 15.7. The van der Waals surface area contributed by atoms with Gasteiger partial charge in [-0.3, -0.25) is 9.59 Å². The van der Waals surface area contributed by atoms with Crippen LogP contribution in [0.25, 0.3) is 11.0 Å². The summed E-state index contributed by atoms with van der Waals surface area (Å²) in [4.78, 5) is 32.1. The van der Waals surface area contributed by atoms with Gasteiger partial charge in [-0.2, -0.15) is 5.01 Å². The van der Waals surface area contributed by atoms with Crippen molar-refractivity contribution in [3.63, 3.8) is 0 Å². The second-order valence-corrected chi connectivity index (χ2v) is 8.99. The minimum atomic E-state index is -0.819. The molecule has 10 heteroatoms. The monoisotopic (exact) mass is 535 g/mol. The number of benzene rings is 2. The number of rotatable bonds is 3. The molecule has 0 aliphatic heterocycles. The maximum absolute atomic E-state index is 13.9. The van der Waals surface area contributed by atoms with Gasteiger partial charge in [0.2, 0.25) is 0 Å². The number of aromatic nitrogens is 2. The Morgan fingerprint density at radius 1 is 0.848 bits per heavy atom. The predicted octanol–water partition coefficient (Wildman–Crippen LogP) is 7.31. The van der Waals surface area contributed by atoms with Crippen molar-refractivity contribution >= 4 is 81.5 Å². The minimum Gasteiger partial charge on any atom is -0.267 e. The number of imide groups is 1. The molecule has 4 aromatic rings. The molecular formula is C23H13Cl4N3O2S. The highest BCUT2D eigenvalue weighted by Crippen LogP contribution is 2.30. The number of hydrogen-bond acceptors (Lipinski definition) is 4. The molecule has 0 aliphatic rings. The molecule has 2 amide bonds. The number of amides is 2. The Morgan fingerprint density at radius 3 is 1.82 bits per heavy atom. The van der Waals surface area contributed by atoms with Gasteiger partial charge in [0.15, 0.2) is 5.65 Å². The van der Waals surface area contributed by atoms with E-state index >= 15 is 0 Å². The molecule has 0 unspecified atom stereocenters. The Hall–Kier alpha value is -2.48. The third-order valence-electron chi connectivity index (χ3n) is 4.86. The summed E-state index contributed by atoms with van der Waals surface area (Å²) in [7, 11) is 0. The average molecular weight is 537 g/mol. The Kier molecular flexibility index (Phi) is 6.75. The molecule has 0 atom stereocenters. The van der Waals surface area contributed by atoms with E-state index in [1.807, 2.05) is 6.07 Å². The second-order valence-electron chi connectivity index (χ2n) is 6.98. The Bertz CT molecular complexity index is 1400. The molecule has 0 bridgehead atoms. The zero-order chi connectivity index (χ0) is 23.9. The normalized spacial score (nSPS) is 10.9. The second kappa shape index (κ2) is 9.41. The molecular weight excluding hydrogens is 524 g/mol. The summed E-state index contributed by atoms with van der Waals surface area (Å²) in [5, 5.41) is 1.73. The number of pyridine rings is 2. The van der Waals surface area contributed by atoms with Crippen molar-refractivity contribution in [2.75, 3.05) is 5.01 Å². The first-order valence-corrected chi connectivity index (χ1v) is 11.4. The Balaban J connectivity index is 2.09. The third-order valence-corrected chi connectivity index (χ3v) is 6.61. The molecule has 0 saturated heterocycles. The van der Waals surface area contributed by atoms with E-state index in [2.05, 4.69) is 4.98 Å². The molecule has 0 radical (unpaired) electrons. The van der Waals surface area contributed by atoms with Crippen LogP contribution in [0, 0.1) is 11.6 Å². The lowest BCUT2D eigenvalue weighted by atomic mass is 10.1. The number of fused-ring (bicyclic) bond motifs is 1. The van der Waals surface area contributed by atoms with E-state index in [1.165, 1.54) is 35.1 Å². The Labute approximate surface area is 214 Å². The Morgan fingerprint density at radius 2 is 1.33 bits per heavy atom. The number of carbonyl (C=O) groups excluding carboxylic acids is 2. The fourth-order valence-electron chi connectivity index (χ4n) is 3.33. The van der Waals surface area contributed by atoms with Crippen LogP contribution in [0.15, 0.2) is 60.8 Å². The lowest BCUT2D eigenvalue weighted by Crippen LogP contribution is -2.47. The summed E-state index contributed by atoms with van der Waals surface area (Å²) in [5.74, 6) is -1.64. The quantitative estimate of drug-likeness (QED) is 0.203. The summed E-state index contributed by atoms with van der Waals surface area (Å²) in [6.07, 6.45) is 1.53. The summed E-state index contributed by atoms with van der Waals surface area (Å²) in [5.41, 5.74) is 0.766. The highest BCUT2D eigenvalue weighted by Gasteiger charge is 2.33. The number of carbonyl (C=O) groups is 2. The highest BCUT2D eigenvalue weighted by atomic mass is 35.5. The van der Waals surface area contributed by atoms with E-state index in [4.69, 9.17) is 58.6 Å². The number of aryl methyl sites for hydroxylation is 1. The van der Waals surface area contributed by atoms with Crippen LogP contribution in [0.3, 0.4) is 0 Å². The van der Waals surface area contributed by atoms with E-state index in [1.54, 1.807) is 31.2 Å². The molecule has 2 heterocycles. The van der Waals surface area contributed by atoms with Crippen molar-refractivity contribution in [1.82, 2.24) is 9.66 Å². The molecule has 0 saturated carbocycles. The van der Waals surface area contributed by atoms with Crippen LogP contribution in [-0.4, -0.2) is 21.5 Å². The van der Waals surface area contributed by atoms with Crippen molar-refractivity contribution in [1.29, 1.82) is 0 Å². The molecule has 5 nitrogen and oxygen atoms in total. The first kappa shape index (κ1) is 23.7. The van der Waals surface area contributed by atoms with E-state index in [9.17, 15) is 9.59 Å². The third kappa shape index (κ3) is 4.25. The van der Waals surface area contributed by atoms with Gasteiger partial charge in [0.05, 0.1) is 31.2 Å². The van der Waals surface area contributed by atoms with Gasteiger partial charge in [-0.15, -0.1) is 0 Å². The molecule has 2 aromatic heterocycles. The largest absolute Gasteiger partial charge is 0.283 e. The van der Waals surface area contributed by atoms with E-state index in [0.717, 1.165) is 5.01 Å². The van der Waals surface area contributed by atoms with Crippen LogP contribution in [0.5, 0.6) is 0 Å². The molecule has 0 aliphatic carbocycles. The average Bonchev–Trinajstić information content (AvgIpc) is 2.76. The zero-order valence-corrected chi connectivity index (χ0v) is 20.7. The summed E-state index contributed by atoms with van der Waals surface area (Å²) in [6, 6.07) is 14.5. The maximum Gasteiger partial charge on any atom is 0.283 e. The van der Waals surface area contributed by atoms with Gasteiger partial charge < -0.3 is 0 Å². The SMILES string of the molecule is Cc1cc2cccnc2n(N(C(=O)c2c(Cl)cccc2Cl)C(=O)c2c(Cl)cccc2Cl)c1=S. The minimum absolute atomic E-state index is 0.0620. The van der Waals surface area contributed by atoms with Crippen molar-refractivity contribution in [3.8, 4) is 0 Å². The van der Waals surface area contributed by atoms with Gasteiger partial charge in [0.25, 0.3) is 11.8 Å². The van der Waals surface area contributed by atoms with Gasteiger partial charge in [0.1, 0.15) is 4.64 Å². The molecule has 0 N–H and O–H groups in total. The lowest BCUT2D eigenvalue weighted by molar-refractivity contribution is 0.0858. The van der Waals surface area contributed by atoms with Crippen LogP contribution in [0.4, 0.5) is 0 Å². The van der Waals surface area contributed by atoms with Crippen LogP contribution < -0.4 is 5.01 Å². The molecule has 0 fully saturated rings. The van der Waals surface area contributed by atoms with Crippen molar-refractivity contribution in [2.24, 2.45) is 0 Å². The van der Waals surface area contributed by atoms with E-state index < -0.39 is 11.8 Å². The number of nitrogens with zero attached hydrogens (tertiary/aromatic N) is 3. The van der Waals surface area contributed by atoms with Crippen molar-refractivity contribution < 1.29 is 9.59 Å². The van der Waals surface area contributed by atoms with Crippen LogP contribution in [0.1, 0.15) is 26.3 Å². The molecule has 4 rings (SSSR count). The van der Waals surface area contributed by atoms with Gasteiger partial charge in [-0.1, -0.05) is 70.8 Å². The lowest BCUT2D eigenvalue weighted by Gasteiger charge is -2.26. The smallest absolute Gasteiger partial charge is 0.267 e. The van der Waals surface area contributed by atoms with Gasteiger partial charge in [-0.25, -0.2) is 9.66 Å². The standard InChI is InChI=1S/C23H13Cl4N3O2S/c1-12-11-13-5-4-10-28-20(13)29(23(12)33)30(21(31)18-14(24)6-2-7-15(18)25)22(32)19-16(26)8-3-9-17(19)27/h2-11H,1H3. The summed E-state index contributed by atoms with van der Waals surface area (Å²) >= 11 is 30.9.